The summed E-state index contributed by atoms with van der Waals surface area (Å²) in [6.07, 6.45) is 3.50. The predicted octanol–water partition coefficient (Wildman–Crippen LogP) is 6.17. The molecule has 0 spiro atoms. The first kappa shape index (κ1) is 36.0. The van der Waals surface area contributed by atoms with Crippen LogP contribution in [0.3, 0.4) is 0 Å². The Hall–Kier alpha value is -2.82. The van der Waals surface area contributed by atoms with Crippen LogP contribution in [0.25, 0.3) is 11.1 Å². The highest BCUT2D eigenvalue weighted by atomic mass is 35.5. The second kappa shape index (κ2) is 17.9. The molecule has 4 rings (SSSR count). The van der Waals surface area contributed by atoms with Crippen molar-refractivity contribution in [1.82, 2.24) is 10.2 Å². The van der Waals surface area contributed by atoms with E-state index < -0.39 is 6.04 Å². The lowest BCUT2D eigenvalue weighted by molar-refractivity contribution is 0.170. The lowest BCUT2D eigenvalue weighted by Gasteiger charge is -2.19. The van der Waals surface area contributed by atoms with Gasteiger partial charge in [-0.15, -0.1) is 0 Å². The van der Waals surface area contributed by atoms with Crippen molar-refractivity contribution in [1.29, 1.82) is 0 Å². The molecule has 4 N–H and O–H groups in total. The van der Waals surface area contributed by atoms with Gasteiger partial charge in [-0.3, -0.25) is 0 Å². The molecule has 46 heavy (non-hydrogen) atoms. The number of nitrogens with zero attached hydrogens (tertiary/aromatic N) is 1. The molecule has 1 aliphatic heterocycles. The van der Waals surface area contributed by atoms with Gasteiger partial charge in [0.25, 0.3) is 0 Å². The van der Waals surface area contributed by atoms with Crippen LogP contribution in [-0.2, 0) is 13.2 Å². The van der Waals surface area contributed by atoms with Gasteiger partial charge in [0.1, 0.15) is 30.5 Å². The number of hydrogen-bond acceptors (Lipinski definition) is 8. The molecule has 1 saturated heterocycles. The van der Waals surface area contributed by atoms with Gasteiger partial charge in [-0.25, -0.2) is 0 Å². The normalized spacial score (nSPS) is 14.9. The molecule has 0 amide bonds. The van der Waals surface area contributed by atoms with E-state index in [1.54, 1.807) is 12.1 Å². The summed E-state index contributed by atoms with van der Waals surface area (Å²) >= 11 is 13.6. The quantitative estimate of drug-likeness (QED) is 0.0997. The molecular weight excluding hydrogens is 627 g/mol. The summed E-state index contributed by atoms with van der Waals surface area (Å²) < 4.78 is 18.4. The summed E-state index contributed by atoms with van der Waals surface area (Å²) in [6.45, 7) is 9.74. The van der Waals surface area contributed by atoms with E-state index in [4.69, 9.17) is 37.4 Å². The SMILES string of the molecule is CC(C)=CCOc1cc(OCc2cccc(-c3cccc(OCCCN4CCC(O)C4)c3C)c2Cl)c(Cl)cc1CNC(CO)CO. The van der Waals surface area contributed by atoms with Crippen molar-refractivity contribution in [3.8, 4) is 28.4 Å². The van der Waals surface area contributed by atoms with Crippen molar-refractivity contribution < 1.29 is 29.5 Å². The van der Waals surface area contributed by atoms with Crippen molar-refractivity contribution in [2.45, 2.75) is 58.9 Å². The van der Waals surface area contributed by atoms with Gasteiger partial charge < -0.3 is 39.7 Å². The third-order valence-corrected chi connectivity index (χ3v) is 8.77. The van der Waals surface area contributed by atoms with E-state index in [-0.39, 0.29) is 25.9 Å². The smallest absolute Gasteiger partial charge is 0.142 e. The molecule has 10 heteroatoms. The van der Waals surface area contributed by atoms with Crippen LogP contribution in [-0.4, -0.2) is 78.4 Å². The van der Waals surface area contributed by atoms with Crippen molar-refractivity contribution in [3.63, 3.8) is 0 Å². The van der Waals surface area contributed by atoms with E-state index in [1.165, 1.54) is 0 Å². The minimum atomic E-state index is -0.457. The zero-order valence-electron chi connectivity index (χ0n) is 26.9. The average molecular weight is 674 g/mol. The van der Waals surface area contributed by atoms with Crippen LogP contribution in [0.4, 0.5) is 0 Å². The van der Waals surface area contributed by atoms with Gasteiger partial charge in [-0.05, 0) is 62.9 Å². The summed E-state index contributed by atoms with van der Waals surface area (Å²) in [4.78, 5) is 2.27. The topological polar surface area (TPSA) is 104 Å². The summed E-state index contributed by atoms with van der Waals surface area (Å²) in [6, 6.07) is 15.0. The maximum Gasteiger partial charge on any atom is 0.142 e. The minimum Gasteiger partial charge on any atom is -0.493 e. The van der Waals surface area contributed by atoms with Gasteiger partial charge in [0, 0.05) is 48.9 Å². The van der Waals surface area contributed by atoms with Gasteiger partial charge in [0.05, 0.1) is 42.0 Å². The lowest BCUT2D eigenvalue weighted by Crippen LogP contribution is -2.35. The molecule has 0 saturated carbocycles. The van der Waals surface area contributed by atoms with Crippen LogP contribution in [0.15, 0.2) is 60.2 Å². The van der Waals surface area contributed by atoms with Crippen LogP contribution < -0.4 is 19.5 Å². The number of ether oxygens (including phenoxy) is 3. The van der Waals surface area contributed by atoms with Gasteiger partial charge >= 0.3 is 0 Å². The second-order valence-electron chi connectivity index (χ2n) is 11.9. The summed E-state index contributed by atoms with van der Waals surface area (Å²) in [5.41, 5.74) is 5.60. The molecule has 0 bridgehead atoms. The molecule has 3 aromatic rings. The Morgan fingerprint density at radius 3 is 2.46 bits per heavy atom. The third-order valence-electron chi connectivity index (χ3n) is 8.03. The molecule has 3 aromatic carbocycles. The molecule has 1 heterocycles. The van der Waals surface area contributed by atoms with Crippen LogP contribution in [0.2, 0.25) is 10.0 Å². The highest BCUT2D eigenvalue weighted by Crippen LogP contribution is 2.38. The number of rotatable bonds is 17. The number of hydrogen-bond donors (Lipinski definition) is 4. The van der Waals surface area contributed by atoms with Crippen molar-refractivity contribution in [3.05, 3.63) is 86.9 Å². The van der Waals surface area contributed by atoms with E-state index in [9.17, 15) is 15.3 Å². The Morgan fingerprint density at radius 1 is 0.978 bits per heavy atom. The minimum absolute atomic E-state index is 0.189. The van der Waals surface area contributed by atoms with Crippen LogP contribution >= 0.6 is 23.2 Å². The Kier molecular flexibility index (Phi) is 14.0. The summed E-state index contributed by atoms with van der Waals surface area (Å²) in [7, 11) is 0. The number of aliphatic hydroxyl groups excluding tert-OH is 3. The molecule has 1 unspecified atom stereocenters. The van der Waals surface area contributed by atoms with Gasteiger partial charge in [0.15, 0.2) is 0 Å². The van der Waals surface area contributed by atoms with Crippen molar-refractivity contribution in [2.75, 3.05) is 46.1 Å². The van der Waals surface area contributed by atoms with Crippen LogP contribution in [0.5, 0.6) is 17.2 Å². The molecule has 1 aliphatic rings. The number of β-amino-alcohol motifs (C(OH)–C–C–N with tert-alkyl or cyclic N) is 1. The van der Waals surface area contributed by atoms with Crippen molar-refractivity contribution >= 4 is 23.2 Å². The molecule has 0 aromatic heterocycles. The maximum atomic E-state index is 9.75. The Labute approximate surface area is 282 Å². The fraction of sp³-hybridized carbons (Fsp3) is 0.444. The maximum absolute atomic E-state index is 9.75. The molecule has 1 atom stereocenters. The van der Waals surface area contributed by atoms with Gasteiger partial charge in [-0.1, -0.05) is 59.1 Å². The molecule has 8 nitrogen and oxygen atoms in total. The van der Waals surface area contributed by atoms with E-state index in [0.717, 1.165) is 71.6 Å². The number of halogens is 2. The van der Waals surface area contributed by atoms with E-state index in [1.807, 2.05) is 63.2 Å². The molecule has 0 aliphatic carbocycles. The van der Waals surface area contributed by atoms with E-state index in [2.05, 4.69) is 10.2 Å². The number of likely N-dealkylation sites (tertiary alicyclic amines) is 1. The number of benzene rings is 3. The van der Waals surface area contributed by atoms with E-state index >= 15 is 0 Å². The molecule has 0 radical (unpaired) electrons. The van der Waals surface area contributed by atoms with Crippen LogP contribution in [0, 0.1) is 6.92 Å². The third kappa shape index (κ3) is 10.1. The Morgan fingerprint density at radius 2 is 1.74 bits per heavy atom. The summed E-state index contributed by atoms with van der Waals surface area (Å²) in [5, 5.41) is 32.8. The monoisotopic (exact) mass is 672 g/mol. The molecule has 250 valence electrons. The Balaban J connectivity index is 1.46. The first-order chi connectivity index (χ1) is 22.2. The number of nitrogens with one attached hydrogen (secondary N) is 1. The summed E-state index contributed by atoms with van der Waals surface area (Å²) in [5.74, 6) is 1.86. The van der Waals surface area contributed by atoms with Gasteiger partial charge in [-0.2, -0.15) is 0 Å². The second-order valence-corrected chi connectivity index (χ2v) is 12.7. The largest absolute Gasteiger partial charge is 0.493 e. The fourth-order valence-electron chi connectivity index (χ4n) is 5.30. The highest BCUT2D eigenvalue weighted by molar-refractivity contribution is 6.34. The zero-order chi connectivity index (χ0) is 33.1. The lowest BCUT2D eigenvalue weighted by atomic mass is 9.98. The number of allylic oxidation sites excluding steroid dienone is 1. The first-order valence-corrected chi connectivity index (χ1v) is 16.5. The fourth-order valence-corrected chi connectivity index (χ4v) is 5.82. The van der Waals surface area contributed by atoms with E-state index in [0.29, 0.717) is 41.3 Å². The van der Waals surface area contributed by atoms with Crippen molar-refractivity contribution in [2.24, 2.45) is 0 Å². The molecular formula is C36H46Cl2N2O6. The standard InChI is InChI=1S/C36H46Cl2N2O6/c1-24(2)12-16-45-34-18-35(32(37)17-27(34)19-39-28(21-41)22-42)46-23-26-7-4-9-31(36(26)38)30-8-5-10-33(25(30)3)44-15-6-13-40-14-11-29(43)20-40/h4-5,7-10,12,17-18,28-29,39,41-43H,6,11,13-16,19-23H2,1-3H3. The van der Waals surface area contributed by atoms with Crippen LogP contribution in [0.1, 0.15) is 43.4 Å². The zero-order valence-corrected chi connectivity index (χ0v) is 28.4. The Bertz CT molecular complexity index is 1460. The highest BCUT2D eigenvalue weighted by Gasteiger charge is 2.20. The predicted molar refractivity (Wildman–Crippen MR) is 184 cm³/mol. The van der Waals surface area contributed by atoms with Gasteiger partial charge in [0.2, 0.25) is 0 Å². The average Bonchev–Trinajstić information content (AvgIpc) is 3.46. The first-order valence-electron chi connectivity index (χ1n) is 15.8. The number of aliphatic hydroxyl groups is 3. The molecule has 1 fully saturated rings.